The third kappa shape index (κ3) is 2.94. The van der Waals surface area contributed by atoms with Gasteiger partial charge in [-0.05, 0) is 35.7 Å². The summed E-state index contributed by atoms with van der Waals surface area (Å²) in [5, 5.41) is 3.26. The fourth-order valence-corrected chi connectivity index (χ4v) is 2.68. The summed E-state index contributed by atoms with van der Waals surface area (Å²) in [5.41, 5.74) is 1.79. The Morgan fingerprint density at radius 3 is 2.90 bits per heavy atom. The molecule has 2 heterocycles. The predicted octanol–water partition coefficient (Wildman–Crippen LogP) is 3.02. The van der Waals surface area contributed by atoms with Crippen LogP contribution in [0.2, 0.25) is 0 Å². The summed E-state index contributed by atoms with van der Waals surface area (Å²) in [6.07, 6.45) is 6.09. The molecule has 1 aliphatic rings. The Bertz CT molecular complexity index is 611. The van der Waals surface area contributed by atoms with E-state index in [0.29, 0.717) is 18.5 Å². The van der Waals surface area contributed by atoms with Gasteiger partial charge in [-0.2, -0.15) is 0 Å². The monoisotopic (exact) mass is 351 g/mol. The minimum atomic E-state index is 0.437. The van der Waals surface area contributed by atoms with Crippen LogP contribution >= 0.6 is 15.9 Å². The predicted molar refractivity (Wildman–Crippen MR) is 84.1 cm³/mol. The number of nitrogens with zero attached hydrogens (tertiary/aromatic N) is 4. The lowest BCUT2D eigenvalue weighted by atomic mass is 10.3. The van der Waals surface area contributed by atoms with Crippen molar-refractivity contribution < 1.29 is 4.74 Å². The van der Waals surface area contributed by atoms with Crippen molar-refractivity contribution in [2.75, 3.05) is 19.0 Å². The molecule has 0 aromatic carbocycles. The van der Waals surface area contributed by atoms with Crippen LogP contribution in [0.4, 0.5) is 5.82 Å². The lowest BCUT2D eigenvalue weighted by molar-refractivity contribution is 0.181. The molecule has 0 atom stereocenters. The number of nitrogens with one attached hydrogen (secondary N) is 1. The van der Waals surface area contributed by atoms with E-state index in [1.165, 1.54) is 12.8 Å². The average Bonchev–Trinajstić information content (AvgIpc) is 3.21. The first-order chi connectivity index (χ1) is 10.2. The maximum Gasteiger partial charge on any atom is 0.180 e. The van der Waals surface area contributed by atoms with Crippen LogP contribution < -0.4 is 5.32 Å². The van der Waals surface area contributed by atoms with E-state index in [1.54, 1.807) is 7.11 Å². The van der Waals surface area contributed by atoms with Crippen molar-refractivity contribution in [2.24, 2.45) is 0 Å². The molecule has 7 heteroatoms. The molecule has 0 bridgehead atoms. The van der Waals surface area contributed by atoms with Gasteiger partial charge >= 0.3 is 0 Å². The van der Waals surface area contributed by atoms with Crippen LogP contribution in [0.5, 0.6) is 0 Å². The molecule has 1 fully saturated rings. The SMILES string of the molecule is CCNc1nc(-c2cncn2C2CC2)nc(COC)c1Br. The minimum Gasteiger partial charge on any atom is -0.378 e. The van der Waals surface area contributed by atoms with Gasteiger partial charge in [-0.1, -0.05) is 0 Å². The molecule has 3 rings (SSSR count). The van der Waals surface area contributed by atoms with Gasteiger partial charge in [0.2, 0.25) is 0 Å². The average molecular weight is 352 g/mol. The molecule has 2 aromatic rings. The van der Waals surface area contributed by atoms with Gasteiger partial charge in [-0.15, -0.1) is 0 Å². The fourth-order valence-electron chi connectivity index (χ4n) is 2.25. The molecule has 0 unspecified atom stereocenters. The quantitative estimate of drug-likeness (QED) is 0.866. The lowest BCUT2D eigenvalue weighted by Gasteiger charge is -2.12. The first-order valence-electron chi connectivity index (χ1n) is 7.06. The van der Waals surface area contributed by atoms with Crippen LogP contribution in [-0.2, 0) is 11.3 Å². The number of aromatic nitrogens is 4. The molecule has 0 aliphatic heterocycles. The third-order valence-electron chi connectivity index (χ3n) is 3.38. The van der Waals surface area contributed by atoms with Gasteiger partial charge in [0.25, 0.3) is 0 Å². The second-order valence-corrected chi connectivity index (χ2v) is 5.83. The van der Waals surface area contributed by atoms with Gasteiger partial charge in [0.15, 0.2) is 5.82 Å². The highest BCUT2D eigenvalue weighted by atomic mass is 79.9. The summed E-state index contributed by atoms with van der Waals surface area (Å²) < 4.78 is 8.25. The van der Waals surface area contributed by atoms with Gasteiger partial charge in [-0.3, -0.25) is 0 Å². The Morgan fingerprint density at radius 1 is 1.43 bits per heavy atom. The Labute approximate surface area is 132 Å². The first kappa shape index (κ1) is 14.5. The molecule has 1 saturated carbocycles. The smallest absolute Gasteiger partial charge is 0.180 e. The number of halogens is 1. The van der Waals surface area contributed by atoms with Crippen LogP contribution in [0.3, 0.4) is 0 Å². The second kappa shape index (κ2) is 6.11. The summed E-state index contributed by atoms with van der Waals surface area (Å²) in [5.74, 6) is 1.48. The van der Waals surface area contributed by atoms with Crippen LogP contribution in [0.25, 0.3) is 11.5 Å². The van der Waals surface area contributed by atoms with Crippen molar-refractivity contribution in [2.45, 2.75) is 32.4 Å². The van der Waals surface area contributed by atoms with E-state index in [4.69, 9.17) is 4.74 Å². The molecule has 112 valence electrons. The van der Waals surface area contributed by atoms with E-state index >= 15 is 0 Å². The summed E-state index contributed by atoms with van der Waals surface area (Å²) >= 11 is 3.55. The van der Waals surface area contributed by atoms with Crippen LogP contribution in [0.15, 0.2) is 17.0 Å². The third-order valence-corrected chi connectivity index (χ3v) is 4.21. The van der Waals surface area contributed by atoms with Crippen molar-refractivity contribution >= 4 is 21.7 Å². The van der Waals surface area contributed by atoms with Crippen LogP contribution in [0.1, 0.15) is 31.5 Å². The van der Waals surface area contributed by atoms with Gasteiger partial charge in [-0.25, -0.2) is 15.0 Å². The van der Waals surface area contributed by atoms with Gasteiger partial charge in [0.05, 0.1) is 29.3 Å². The highest BCUT2D eigenvalue weighted by Gasteiger charge is 2.27. The molecule has 1 N–H and O–H groups in total. The zero-order chi connectivity index (χ0) is 14.8. The molecule has 0 amide bonds. The molecule has 0 saturated heterocycles. The van der Waals surface area contributed by atoms with Crippen LogP contribution in [0, 0.1) is 0 Å². The number of hydrogen-bond donors (Lipinski definition) is 1. The summed E-state index contributed by atoms with van der Waals surface area (Å²) in [6.45, 7) is 3.27. The lowest BCUT2D eigenvalue weighted by Crippen LogP contribution is -2.08. The van der Waals surface area contributed by atoms with E-state index < -0.39 is 0 Å². The van der Waals surface area contributed by atoms with Crippen molar-refractivity contribution in [1.82, 2.24) is 19.5 Å². The summed E-state index contributed by atoms with van der Waals surface area (Å²) in [7, 11) is 1.66. The van der Waals surface area contributed by atoms with E-state index in [-0.39, 0.29) is 0 Å². The van der Waals surface area contributed by atoms with Gasteiger partial charge < -0.3 is 14.6 Å². The van der Waals surface area contributed by atoms with Crippen molar-refractivity contribution in [3.63, 3.8) is 0 Å². The van der Waals surface area contributed by atoms with E-state index in [0.717, 1.165) is 28.2 Å². The molecule has 0 radical (unpaired) electrons. The highest BCUT2D eigenvalue weighted by molar-refractivity contribution is 9.10. The molecule has 21 heavy (non-hydrogen) atoms. The van der Waals surface area contributed by atoms with Crippen molar-refractivity contribution in [1.29, 1.82) is 0 Å². The largest absolute Gasteiger partial charge is 0.378 e. The normalized spacial score (nSPS) is 14.4. The fraction of sp³-hybridized carbons (Fsp3) is 0.500. The number of hydrogen-bond acceptors (Lipinski definition) is 5. The molecular formula is C14H18BrN5O. The first-order valence-corrected chi connectivity index (χ1v) is 7.85. The maximum absolute atomic E-state index is 5.23. The second-order valence-electron chi connectivity index (χ2n) is 5.04. The van der Waals surface area contributed by atoms with E-state index in [1.807, 2.05) is 19.4 Å². The molecule has 6 nitrogen and oxygen atoms in total. The molecular weight excluding hydrogens is 334 g/mol. The number of rotatable bonds is 6. The Balaban J connectivity index is 2.06. The Hall–Kier alpha value is -1.47. The molecule has 0 spiro atoms. The van der Waals surface area contributed by atoms with Crippen molar-refractivity contribution in [3.05, 3.63) is 22.7 Å². The standard InChI is InChI=1S/C14H18BrN5O/c1-3-17-14-12(15)10(7-21-2)18-13(19-14)11-6-16-8-20(11)9-4-5-9/h6,8-9H,3-5,7H2,1-2H3,(H,17,18,19). The van der Waals surface area contributed by atoms with E-state index in [9.17, 15) is 0 Å². The zero-order valence-electron chi connectivity index (χ0n) is 12.1. The topological polar surface area (TPSA) is 64.9 Å². The van der Waals surface area contributed by atoms with Crippen LogP contribution in [-0.4, -0.2) is 33.2 Å². The van der Waals surface area contributed by atoms with Crippen molar-refractivity contribution in [3.8, 4) is 11.5 Å². The maximum atomic E-state index is 5.23. The summed E-state index contributed by atoms with van der Waals surface area (Å²) in [6, 6.07) is 0.545. The number of ether oxygens (including phenoxy) is 1. The minimum absolute atomic E-state index is 0.437. The zero-order valence-corrected chi connectivity index (χ0v) is 13.7. The number of imidazole rings is 1. The summed E-state index contributed by atoms with van der Waals surface area (Å²) in [4.78, 5) is 13.5. The van der Waals surface area contributed by atoms with Gasteiger partial charge in [0, 0.05) is 19.7 Å². The Kier molecular flexibility index (Phi) is 4.21. The van der Waals surface area contributed by atoms with Gasteiger partial charge in [0.1, 0.15) is 11.5 Å². The molecule has 1 aliphatic carbocycles. The van der Waals surface area contributed by atoms with E-state index in [2.05, 4.69) is 40.8 Å². The Morgan fingerprint density at radius 2 is 2.24 bits per heavy atom. The number of methoxy groups -OCH3 is 1. The highest BCUT2D eigenvalue weighted by Crippen LogP contribution is 2.38. The molecule has 2 aromatic heterocycles. The number of anilines is 1.